The van der Waals surface area contributed by atoms with E-state index >= 15 is 0 Å². The minimum Gasteiger partial charge on any atom is -0.459 e. The first-order valence-corrected chi connectivity index (χ1v) is 29.2. The molecule has 2 heterocycles. The van der Waals surface area contributed by atoms with E-state index in [4.69, 9.17) is 24.3 Å². The van der Waals surface area contributed by atoms with Crippen LogP contribution < -0.4 is 11.4 Å². The van der Waals surface area contributed by atoms with Gasteiger partial charge in [0.1, 0.15) is 30.2 Å². The zero-order chi connectivity index (χ0) is 47.6. The molecule has 0 aromatic carbocycles. The minimum atomic E-state index is -5.47. The number of nitrogens with two attached hydrogens (primary N) is 1. The number of carbonyl (C=O) groups excluding carboxylic acids is 1. The molecule has 380 valence electrons. The summed E-state index contributed by atoms with van der Waals surface area (Å²) in [5, 5.41) is 21.3. The van der Waals surface area contributed by atoms with Crippen LogP contribution in [-0.2, 0) is 36.8 Å². The lowest BCUT2D eigenvalue weighted by Gasteiger charge is -2.23. The SMILES string of the molecule is CCCCCCCCCCCCCCCCCCSCC(COP(=O)(OC[C@H]1O[C@@H](n2ccc(N)nc2=O)[C@@H](O)[C@@H]1O)OP(=O)(O)O)OC(=O)CCCCCCCCCCCCCCC. The van der Waals surface area contributed by atoms with Gasteiger partial charge in [-0.05, 0) is 24.7 Å². The van der Waals surface area contributed by atoms with Crippen LogP contribution in [0.3, 0.4) is 0 Å². The predicted molar refractivity (Wildman–Crippen MR) is 259 cm³/mol. The number of thioether (sulfide) groups is 1. The number of aliphatic hydroxyl groups excluding tert-OH is 2. The van der Waals surface area contributed by atoms with Gasteiger partial charge in [-0.1, -0.05) is 187 Å². The Hall–Kier alpha value is -1.36. The molecule has 1 saturated heterocycles. The Morgan fingerprint density at radius 1 is 0.738 bits per heavy atom. The van der Waals surface area contributed by atoms with Gasteiger partial charge in [-0.3, -0.25) is 18.4 Å². The van der Waals surface area contributed by atoms with Crippen molar-refractivity contribution < 1.29 is 56.8 Å². The van der Waals surface area contributed by atoms with Crippen LogP contribution in [0.25, 0.3) is 0 Å². The molecule has 65 heavy (non-hydrogen) atoms. The summed E-state index contributed by atoms with van der Waals surface area (Å²) in [4.78, 5) is 48.2. The predicted octanol–water partition coefficient (Wildman–Crippen LogP) is 11.1. The third-order valence-electron chi connectivity index (χ3n) is 11.7. The zero-order valence-corrected chi connectivity index (χ0v) is 42.4. The molecule has 1 aliphatic rings. The Morgan fingerprint density at radius 2 is 1.20 bits per heavy atom. The number of ether oxygens (including phenoxy) is 2. The Kier molecular flexibility index (Phi) is 33.7. The van der Waals surface area contributed by atoms with Crippen molar-refractivity contribution in [1.29, 1.82) is 0 Å². The number of hydrogen-bond acceptors (Lipinski definition) is 14. The number of aliphatic hydroxyl groups is 2. The lowest BCUT2D eigenvalue weighted by Crippen LogP contribution is -2.36. The van der Waals surface area contributed by atoms with Crippen LogP contribution in [0.2, 0.25) is 0 Å². The molecule has 0 bridgehead atoms. The fourth-order valence-electron chi connectivity index (χ4n) is 7.89. The third-order valence-corrected chi connectivity index (χ3v) is 15.5. The molecule has 0 aliphatic carbocycles. The molecule has 6 atom stereocenters. The van der Waals surface area contributed by atoms with E-state index in [0.29, 0.717) is 6.42 Å². The van der Waals surface area contributed by atoms with Crippen molar-refractivity contribution in [2.24, 2.45) is 0 Å². The van der Waals surface area contributed by atoms with Crippen molar-refractivity contribution in [2.45, 2.75) is 237 Å². The lowest BCUT2D eigenvalue weighted by atomic mass is 10.0. The van der Waals surface area contributed by atoms with Gasteiger partial charge in [0.25, 0.3) is 0 Å². The van der Waals surface area contributed by atoms with Crippen molar-refractivity contribution in [1.82, 2.24) is 9.55 Å². The van der Waals surface area contributed by atoms with Gasteiger partial charge in [0.15, 0.2) is 6.23 Å². The van der Waals surface area contributed by atoms with Gasteiger partial charge in [-0.15, -0.1) is 0 Å². The van der Waals surface area contributed by atoms with Crippen molar-refractivity contribution in [2.75, 3.05) is 30.5 Å². The van der Waals surface area contributed by atoms with Gasteiger partial charge in [-0.2, -0.15) is 21.1 Å². The summed E-state index contributed by atoms with van der Waals surface area (Å²) in [6.45, 7) is 3.08. The molecule has 6 N–H and O–H groups in total. The second kappa shape index (κ2) is 36.6. The van der Waals surface area contributed by atoms with Crippen molar-refractivity contribution >= 4 is 39.2 Å². The Morgan fingerprint density at radius 3 is 1.66 bits per heavy atom. The number of esters is 1. The van der Waals surface area contributed by atoms with Crippen LogP contribution in [-0.4, -0.2) is 84.7 Å². The van der Waals surface area contributed by atoms with Gasteiger partial charge >= 0.3 is 27.3 Å². The summed E-state index contributed by atoms with van der Waals surface area (Å²) < 4.78 is 53.0. The molecular formula is C46H87N3O13P2S. The van der Waals surface area contributed by atoms with Crippen LogP contribution in [0.4, 0.5) is 5.82 Å². The highest BCUT2D eigenvalue weighted by Crippen LogP contribution is 2.61. The molecule has 0 amide bonds. The van der Waals surface area contributed by atoms with E-state index in [9.17, 15) is 38.7 Å². The molecule has 0 saturated carbocycles. The molecule has 1 fully saturated rings. The van der Waals surface area contributed by atoms with E-state index in [2.05, 4.69) is 23.1 Å². The highest BCUT2D eigenvalue weighted by Gasteiger charge is 2.46. The molecule has 1 aliphatic heterocycles. The maximum Gasteiger partial charge on any atom is 0.483 e. The molecule has 0 spiro atoms. The number of hydrogen-bond donors (Lipinski definition) is 5. The van der Waals surface area contributed by atoms with E-state index in [1.165, 1.54) is 165 Å². The zero-order valence-electron chi connectivity index (χ0n) is 39.8. The van der Waals surface area contributed by atoms with Gasteiger partial charge in [0, 0.05) is 18.4 Å². The molecule has 19 heteroatoms. The van der Waals surface area contributed by atoms with Gasteiger partial charge in [0.05, 0.1) is 13.2 Å². The van der Waals surface area contributed by atoms with Gasteiger partial charge in [0.2, 0.25) is 0 Å². The maximum atomic E-state index is 13.7. The van der Waals surface area contributed by atoms with Crippen LogP contribution in [0.15, 0.2) is 17.1 Å². The number of phosphoric ester groups is 1. The minimum absolute atomic E-state index is 0.0750. The molecule has 0 radical (unpaired) electrons. The number of nitrogens with zero attached hydrogens (tertiary/aromatic N) is 2. The summed E-state index contributed by atoms with van der Waals surface area (Å²) in [7, 11) is -10.6. The first-order valence-electron chi connectivity index (χ1n) is 25.1. The van der Waals surface area contributed by atoms with E-state index < -0.39 is 71.2 Å². The van der Waals surface area contributed by atoms with Gasteiger partial charge in [-0.25, -0.2) is 13.9 Å². The van der Waals surface area contributed by atoms with Crippen LogP contribution in [0.1, 0.15) is 213 Å². The fraction of sp³-hybridized carbons (Fsp3) is 0.891. The Labute approximate surface area is 394 Å². The smallest absolute Gasteiger partial charge is 0.459 e. The topological polar surface area (TPSA) is 239 Å². The molecule has 16 nitrogen and oxygen atoms in total. The standard InChI is InChI=1S/C46H87N3O13P2S/c1-3-5-7-9-11-13-15-17-18-19-21-23-25-27-29-31-35-65-38-39(60-42(50)32-30-28-26-24-22-20-16-14-12-10-8-6-4-2)36-58-64(57,62-63(54,55)56)59-37-40-43(51)44(52)45(61-40)49-34-33-41(47)48-46(49)53/h33-34,39-40,43-45,51-52H,3-32,35-38H2,1-2H3,(H2,47,48,53)(H2,54,55,56)/t39?,40-,43-,44+,45-,64?/m1/s1. The average molecular weight is 984 g/mol. The van der Waals surface area contributed by atoms with E-state index in [-0.39, 0.29) is 18.0 Å². The number of unbranched alkanes of at least 4 members (excludes halogenated alkanes) is 27. The number of phosphoric acid groups is 2. The first kappa shape index (κ1) is 59.8. The van der Waals surface area contributed by atoms with Crippen molar-refractivity contribution in [3.8, 4) is 0 Å². The highest BCUT2D eigenvalue weighted by molar-refractivity contribution is 7.99. The maximum absolute atomic E-state index is 13.7. The summed E-state index contributed by atoms with van der Waals surface area (Å²) in [5.74, 6) is 0.507. The van der Waals surface area contributed by atoms with Crippen LogP contribution >= 0.6 is 27.4 Å². The quantitative estimate of drug-likeness (QED) is 0.0232. The van der Waals surface area contributed by atoms with E-state index in [1.54, 1.807) is 0 Å². The number of nitrogen functional groups attached to an aromatic ring is 1. The Bertz CT molecular complexity index is 1520. The second-order valence-corrected chi connectivity index (χ2v) is 21.9. The molecular weight excluding hydrogens is 897 g/mol. The summed E-state index contributed by atoms with van der Waals surface area (Å²) in [5.41, 5.74) is 4.67. The van der Waals surface area contributed by atoms with Crippen LogP contribution in [0, 0.1) is 0 Å². The normalized spacial score (nSPS) is 19.1. The van der Waals surface area contributed by atoms with Crippen molar-refractivity contribution in [3.05, 3.63) is 22.7 Å². The largest absolute Gasteiger partial charge is 0.483 e. The summed E-state index contributed by atoms with van der Waals surface area (Å²) in [6.07, 6.45) is 29.7. The monoisotopic (exact) mass is 984 g/mol. The molecule has 1 aromatic rings. The van der Waals surface area contributed by atoms with Gasteiger partial charge < -0.3 is 35.2 Å². The number of aromatic nitrogens is 2. The first-order chi connectivity index (χ1) is 31.3. The number of carbonyl (C=O) groups is 1. The molecule has 2 rings (SSSR count). The average Bonchev–Trinajstić information content (AvgIpc) is 3.54. The highest BCUT2D eigenvalue weighted by atomic mass is 32.2. The summed E-state index contributed by atoms with van der Waals surface area (Å²) in [6, 6.07) is 1.28. The van der Waals surface area contributed by atoms with E-state index in [1.807, 2.05) is 0 Å². The Balaban J connectivity index is 1.85. The fourth-order valence-corrected chi connectivity index (χ4v) is 11.1. The number of anilines is 1. The van der Waals surface area contributed by atoms with Crippen molar-refractivity contribution in [3.63, 3.8) is 0 Å². The second-order valence-electron chi connectivity index (χ2n) is 17.7. The third kappa shape index (κ3) is 29.3. The van der Waals surface area contributed by atoms with E-state index in [0.717, 1.165) is 48.8 Å². The molecule has 2 unspecified atom stereocenters. The van der Waals surface area contributed by atoms with Crippen LogP contribution in [0.5, 0.6) is 0 Å². The lowest BCUT2D eigenvalue weighted by molar-refractivity contribution is -0.149. The number of rotatable bonds is 43. The molecule has 1 aromatic heterocycles. The summed E-state index contributed by atoms with van der Waals surface area (Å²) >= 11 is 1.53.